The highest BCUT2D eigenvalue weighted by Gasteiger charge is 2.69. The lowest BCUT2D eigenvalue weighted by atomic mass is 9.33. The topological polar surface area (TPSA) is 43.4 Å². The van der Waals surface area contributed by atoms with Gasteiger partial charge in [0.2, 0.25) is 0 Å². The molecule has 5 aliphatic rings. The van der Waals surface area contributed by atoms with Crippen molar-refractivity contribution in [3.8, 4) is 0 Å². The summed E-state index contributed by atoms with van der Waals surface area (Å²) in [5, 5.41) is 0. The number of Topliss-reactive ketones (excluding diaryl/α,β-unsaturated/α-hetero) is 1. The average Bonchev–Trinajstić information content (AvgIpc) is 2.90. The first-order chi connectivity index (χ1) is 18.7. The first kappa shape index (κ1) is 28.2. The second-order valence-electron chi connectivity index (χ2n) is 16.6. The van der Waals surface area contributed by atoms with Crippen LogP contribution >= 0.6 is 0 Å². The van der Waals surface area contributed by atoms with Gasteiger partial charge >= 0.3 is 5.97 Å². The summed E-state index contributed by atoms with van der Waals surface area (Å²) in [5.41, 5.74) is 2.68. The number of allylic oxidation sites excluding steroid dienone is 2. The van der Waals surface area contributed by atoms with E-state index in [1.165, 1.54) is 6.42 Å². The van der Waals surface area contributed by atoms with Gasteiger partial charge < -0.3 is 4.74 Å². The zero-order chi connectivity index (χ0) is 28.8. The van der Waals surface area contributed by atoms with Crippen LogP contribution in [0.5, 0.6) is 0 Å². The highest BCUT2D eigenvalue weighted by Crippen LogP contribution is 2.75. The summed E-state index contributed by atoms with van der Waals surface area (Å²) in [4.78, 5) is 27.2. The van der Waals surface area contributed by atoms with Gasteiger partial charge in [0.1, 0.15) is 12.4 Å². The SMILES string of the molecule is CC1(C)CC[C@]2(C(=O)OCc3ccccc3)CC[C@]3(C)C(=CCC4[C@@]5(C)CCC(=O)C(C)(C)C5CC[C@]43C)C2C1. The number of ether oxygens (including phenoxy) is 1. The van der Waals surface area contributed by atoms with Crippen LogP contribution in [0.15, 0.2) is 42.0 Å². The van der Waals surface area contributed by atoms with E-state index in [0.29, 0.717) is 24.2 Å². The van der Waals surface area contributed by atoms with Gasteiger partial charge in [-0.25, -0.2) is 0 Å². The third-order valence-electron chi connectivity index (χ3n) is 14.0. The molecule has 0 bridgehead atoms. The molecule has 1 aromatic rings. The molecule has 218 valence electrons. The van der Waals surface area contributed by atoms with Gasteiger partial charge in [-0.3, -0.25) is 9.59 Å². The van der Waals surface area contributed by atoms with Crippen molar-refractivity contribution in [1.82, 2.24) is 0 Å². The molecule has 0 spiro atoms. The molecule has 7 atom stereocenters. The second kappa shape index (κ2) is 9.05. The van der Waals surface area contributed by atoms with Crippen LogP contribution in [0.25, 0.3) is 0 Å². The van der Waals surface area contributed by atoms with Gasteiger partial charge in [0.15, 0.2) is 0 Å². The molecule has 4 fully saturated rings. The quantitative estimate of drug-likeness (QED) is 0.281. The van der Waals surface area contributed by atoms with E-state index in [4.69, 9.17) is 4.74 Å². The predicted molar refractivity (Wildman–Crippen MR) is 160 cm³/mol. The molecule has 3 unspecified atom stereocenters. The standard InChI is InChI=1S/C37H52O3/c1-32(2)19-21-37(31(39)40-24-25-11-9-8-10-12-25)22-20-35(6)26(27(37)23-32)13-14-29-34(5)17-16-30(38)33(3,4)28(34)15-18-36(29,35)7/h8-13,27-29H,14-24H2,1-7H3/t27?,28?,29?,34-,35+,36+,37-/m0/s1. The zero-order valence-corrected chi connectivity index (χ0v) is 26.2. The fourth-order valence-electron chi connectivity index (χ4n) is 11.3. The van der Waals surface area contributed by atoms with Gasteiger partial charge in [0.05, 0.1) is 5.41 Å². The Labute approximate surface area is 242 Å². The number of fused-ring (bicyclic) bond motifs is 7. The van der Waals surface area contributed by atoms with Gasteiger partial charge in [-0.05, 0) is 103 Å². The minimum absolute atomic E-state index is 0.0373. The molecule has 0 aliphatic heterocycles. The van der Waals surface area contributed by atoms with Gasteiger partial charge in [-0.15, -0.1) is 0 Å². The van der Waals surface area contributed by atoms with Crippen LogP contribution in [0.1, 0.15) is 118 Å². The minimum atomic E-state index is -0.404. The highest BCUT2D eigenvalue weighted by atomic mass is 16.5. The Morgan fingerprint density at radius 2 is 1.57 bits per heavy atom. The molecule has 1 aromatic carbocycles. The number of carbonyl (C=O) groups is 2. The molecule has 0 heterocycles. The molecule has 0 N–H and O–H groups in total. The lowest BCUT2D eigenvalue weighted by Crippen LogP contribution is -2.64. The number of rotatable bonds is 3. The Morgan fingerprint density at radius 1 is 0.875 bits per heavy atom. The van der Waals surface area contributed by atoms with Crippen LogP contribution in [0, 0.1) is 50.2 Å². The van der Waals surface area contributed by atoms with E-state index in [0.717, 1.165) is 63.4 Å². The van der Waals surface area contributed by atoms with Crippen molar-refractivity contribution in [1.29, 1.82) is 0 Å². The van der Waals surface area contributed by atoms with E-state index in [9.17, 15) is 9.59 Å². The summed E-state index contributed by atoms with van der Waals surface area (Å²) in [7, 11) is 0. The van der Waals surface area contributed by atoms with E-state index < -0.39 is 5.41 Å². The number of esters is 1. The van der Waals surface area contributed by atoms with Crippen molar-refractivity contribution in [3.05, 3.63) is 47.5 Å². The van der Waals surface area contributed by atoms with Gasteiger partial charge in [0.25, 0.3) is 0 Å². The van der Waals surface area contributed by atoms with Crippen molar-refractivity contribution in [2.45, 2.75) is 119 Å². The largest absolute Gasteiger partial charge is 0.460 e. The van der Waals surface area contributed by atoms with Crippen LogP contribution in [0.2, 0.25) is 0 Å². The predicted octanol–water partition coefficient (Wildman–Crippen LogP) is 9.10. The Hall–Kier alpha value is -1.90. The smallest absolute Gasteiger partial charge is 0.313 e. The first-order valence-corrected chi connectivity index (χ1v) is 16.1. The maximum absolute atomic E-state index is 14.1. The normalized spacial score (nSPS) is 43.3. The highest BCUT2D eigenvalue weighted by molar-refractivity contribution is 5.85. The number of hydrogen-bond donors (Lipinski definition) is 0. The Kier molecular flexibility index (Phi) is 6.39. The number of carbonyl (C=O) groups excluding carboxylic acids is 2. The Balaban J connectivity index is 1.37. The molecular weight excluding hydrogens is 492 g/mol. The Bertz CT molecular complexity index is 1230. The van der Waals surface area contributed by atoms with E-state index in [1.54, 1.807) is 5.57 Å². The third kappa shape index (κ3) is 3.81. The summed E-state index contributed by atoms with van der Waals surface area (Å²) in [6.07, 6.45) is 12.9. The van der Waals surface area contributed by atoms with Crippen LogP contribution in [0.4, 0.5) is 0 Å². The zero-order valence-electron chi connectivity index (χ0n) is 26.2. The number of hydrogen-bond acceptors (Lipinski definition) is 3. The van der Waals surface area contributed by atoms with Crippen LogP contribution in [-0.2, 0) is 20.9 Å². The van der Waals surface area contributed by atoms with Gasteiger partial charge in [0, 0.05) is 11.8 Å². The molecular formula is C37H52O3. The monoisotopic (exact) mass is 544 g/mol. The number of benzene rings is 1. The van der Waals surface area contributed by atoms with Crippen LogP contribution in [0.3, 0.4) is 0 Å². The van der Waals surface area contributed by atoms with Gasteiger partial charge in [-0.2, -0.15) is 0 Å². The lowest BCUT2D eigenvalue weighted by molar-refractivity contribution is -0.191. The molecule has 6 rings (SSSR count). The van der Waals surface area contributed by atoms with Crippen LogP contribution < -0.4 is 0 Å². The Morgan fingerprint density at radius 3 is 2.30 bits per heavy atom. The molecule has 4 saturated carbocycles. The second-order valence-corrected chi connectivity index (χ2v) is 16.6. The molecule has 3 nitrogen and oxygen atoms in total. The van der Waals surface area contributed by atoms with Gasteiger partial charge in [-0.1, -0.05) is 90.4 Å². The molecule has 0 radical (unpaired) electrons. The minimum Gasteiger partial charge on any atom is -0.460 e. The molecule has 0 aromatic heterocycles. The fraction of sp³-hybridized carbons (Fsp3) is 0.730. The van der Waals surface area contributed by atoms with Crippen molar-refractivity contribution in [2.75, 3.05) is 0 Å². The van der Waals surface area contributed by atoms with E-state index in [-0.39, 0.29) is 39.0 Å². The summed E-state index contributed by atoms with van der Waals surface area (Å²) in [5.74, 6) is 1.80. The van der Waals surface area contributed by atoms with Crippen molar-refractivity contribution in [2.24, 2.45) is 50.2 Å². The lowest BCUT2D eigenvalue weighted by Gasteiger charge is -2.70. The molecule has 40 heavy (non-hydrogen) atoms. The van der Waals surface area contributed by atoms with Crippen molar-refractivity contribution < 1.29 is 14.3 Å². The summed E-state index contributed by atoms with van der Waals surface area (Å²) in [6, 6.07) is 10.1. The summed E-state index contributed by atoms with van der Waals surface area (Å²) < 4.78 is 6.16. The molecule has 3 heteroatoms. The number of ketones is 1. The molecule has 0 amide bonds. The third-order valence-corrected chi connectivity index (χ3v) is 14.0. The molecule has 5 aliphatic carbocycles. The van der Waals surface area contributed by atoms with E-state index in [1.807, 2.05) is 30.3 Å². The summed E-state index contributed by atoms with van der Waals surface area (Å²) in [6.45, 7) is 17.3. The summed E-state index contributed by atoms with van der Waals surface area (Å²) >= 11 is 0. The molecule has 0 saturated heterocycles. The van der Waals surface area contributed by atoms with E-state index in [2.05, 4.69) is 54.5 Å². The van der Waals surface area contributed by atoms with Crippen molar-refractivity contribution >= 4 is 11.8 Å². The first-order valence-electron chi connectivity index (χ1n) is 16.1. The maximum atomic E-state index is 14.1. The maximum Gasteiger partial charge on any atom is 0.313 e. The van der Waals surface area contributed by atoms with Crippen molar-refractivity contribution in [3.63, 3.8) is 0 Å². The van der Waals surface area contributed by atoms with Crippen LogP contribution in [-0.4, -0.2) is 11.8 Å². The average molecular weight is 545 g/mol. The fourth-order valence-corrected chi connectivity index (χ4v) is 11.3. The van der Waals surface area contributed by atoms with E-state index >= 15 is 0 Å².